The van der Waals surface area contributed by atoms with E-state index in [9.17, 15) is 0 Å². The van der Waals surface area contributed by atoms with Gasteiger partial charge < -0.3 is 11.1 Å². The Morgan fingerprint density at radius 2 is 1.72 bits per heavy atom. The van der Waals surface area contributed by atoms with E-state index in [-0.39, 0.29) is 0 Å². The molecule has 0 bridgehead atoms. The van der Waals surface area contributed by atoms with Gasteiger partial charge in [-0.05, 0) is 24.4 Å². The molecular weight excluding hydrogens is 240 g/mol. The molecule has 0 radical (unpaired) electrons. The van der Waals surface area contributed by atoms with Crippen molar-refractivity contribution >= 4 is 17.0 Å². The van der Waals surface area contributed by atoms with Crippen LogP contribution in [0.5, 0.6) is 0 Å². The third kappa shape index (κ3) is 7.02. The molecule has 0 spiro atoms. The number of anilines is 1. The molecule has 1 aromatic heterocycles. The Hall–Kier alpha value is -0.540. The number of nitrogens with two attached hydrogens (primary N) is 1. The lowest BCUT2D eigenvalue weighted by molar-refractivity contribution is 0.556. The molecule has 0 aliphatic carbocycles. The molecule has 0 aliphatic rings. The fourth-order valence-electron chi connectivity index (χ4n) is 2.08. The zero-order valence-electron chi connectivity index (χ0n) is 11.7. The van der Waals surface area contributed by atoms with Crippen molar-refractivity contribution in [3.63, 3.8) is 0 Å². The molecule has 0 atom stereocenters. The van der Waals surface area contributed by atoms with Crippen molar-refractivity contribution in [2.45, 2.75) is 64.8 Å². The monoisotopic (exact) mass is 268 g/mol. The molecule has 0 aliphatic heterocycles. The minimum atomic E-state index is 0.931. The minimum absolute atomic E-state index is 0.931. The zero-order valence-corrected chi connectivity index (χ0v) is 12.5. The number of nitrogen functional groups attached to an aromatic ring is 1. The van der Waals surface area contributed by atoms with Gasteiger partial charge in [-0.3, -0.25) is 0 Å². The lowest BCUT2D eigenvalue weighted by Crippen LogP contribution is -2.14. The quantitative estimate of drug-likeness (QED) is 0.577. The molecule has 0 aromatic carbocycles. The first-order valence-electron chi connectivity index (χ1n) is 7.37. The topological polar surface area (TPSA) is 38.0 Å². The fraction of sp³-hybridized carbons (Fsp3) is 0.733. The van der Waals surface area contributed by atoms with Crippen molar-refractivity contribution < 1.29 is 0 Å². The smallest absolute Gasteiger partial charge is 0.0468 e. The summed E-state index contributed by atoms with van der Waals surface area (Å²) in [5.41, 5.74) is 6.77. The Morgan fingerprint density at radius 1 is 1.06 bits per heavy atom. The standard InChI is InChI=1S/C15H28N2S/c1-2-3-4-5-6-7-8-9-11-17-13-15-14(16)10-12-18-15/h10,12,17H,2-9,11,13,16H2,1H3. The fourth-order valence-corrected chi connectivity index (χ4v) is 2.85. The van der Waals surface area contributed by atoms with Crippen LogP contribution in [0.3, 0.4) is 0 Å². The van der Waals surface area contributed by atoms with Crippen LogP contribution in [0, 0.1) is 0 Å². The molecule has 3 heteroatoms. The maximum atomic E-state index is 5.83. The van der Waals surface area contributed by atoms with Gasteiger partial charge in [-0.2, -0.15) is 0 Å². The predicted octanol–water partition coefficient (Wildman–Crippen LogP) is 4.56. The van der Waals surface area contributed by atoms with Crippen LogP contribution in [0.15, 0.2) is 11.4 Å². The maximum Gasteiger partial charge on any atom is 0.0468 e. The van der Waals surface area contributed by atoms with Crippen LogP contribution >= 0.6 is 11.3 Å². The van der Waals surface area contributed by atoms with E-state index in [2.05, 4.69) is 17.6 Å². The Bertz CT molecular complexity index is 296. The van der Waals surface area contributed by atoms with Crippen molar-refractivity contribution in [1.29, 1.82) is 0 Å². The van der Waals surface area contributed by atoms with E-state index in [1.165, 1.54) is 56.2 Å². The Balaban J connectivity index is 1.83. The Kier molecular flexibility index (Phi) is 8.96. The van der Waals surface area contributed by atoms with Crippen LogP contribution in [0.25, 0.3) is 0 Å². The van der Waals surface area contributed by atoms with Crippen molar-refractivity contribution in [3.05, 3.63) is 16.3 Å². The number of thiophene rings is 1. The van der Waals surface area contributed by atoms with E-state index >= 15 is 0 Å². The predicted molar refractivity (Wildman–Crippen MR) is 83.0 cm³/mol. The van der Waals surface area contributed by atoms with E-state index in [4.69, 9.17) is 5.73 Å². The molecular formula is C15H28N2S. The van der Waals surface area contributed by atoms with Crippen LogP contribution in [0.1, 0.15) is 63.2 Å². The van der Waals surface area contributed by atoms with Crippen LogP contribution in [0.4, 0.5) is 5.69 Å². The summed E-state index contributed by atoms with van der Waals surface area (Å²) in [5.74, 6) is 0. The first kappa shape index (κ1) is 15.5. The van der Waals surface area contributed by atoms with Gasteiger partial charge in [-0.25, -0.2) is 0 Å². The van der Waals surface area contributed by atoms with Gasteiger partial charge in [0.15, 0.2) is 0 Å². The average Bonchev–Trinajstić information content (AvgIpc) is 2.77. The number of nitrogens with one attached hydrogen (secondary N) is 1. The third-order valence-corrected chi connectivity index (χ3v) is 4.21. The van der Waals surface area contributed by atoms with Gasteiger partial charge in [0.2, 0.25) is 0 Å². The van der Waals surface area contributed by atoms with Crippen molar-refractivity contribution in [3.8, 4) is 0 Å². The van der Waals surface area contributed by atoms with E-state index in [0.717, 1.165) is 18.8 Å². The van der Waals surface area contributed by atoms with E-state index in [1.54, 1.807) is 11.3 Å². The molecule has 18 heavy (non-hydrogen) atoms. The summed E-state index contributed by atoms with van der Waals surface area (Å²) in [6.45, 7) is 4.32. The highest BCUT2D eigenvalue weighted by molar-refractivity contribution is 7.10. The van der Waals surface area contributed by atoms with Crippen LogP contribution in [-0.4, -0.2) is 6.54 Å². The van der Waals surface area contributed by atoms with Crippen molar-refractivity contribution in [1.82, 2.24) is 5.32 Å². The molecule has 0 amide bonds. The molecule has 1 heterocycles. The zero-order chi connectivity index (χ0) is 13.1. The molecule has 0 saturated carbocycles. The molecule has 0 fully saturated rings. The average molecular weight is 268 g/mol. The minimum Gasteiger partial charge on any atom is -0.398 e. The first-order valence-corrected chi connectivity index (χ1v) is 8.25. The van der Waals surface area contributed by atoms with Gasteiger partial charge in [0.1, 0.15) is 0 Å². The van der Waals surface area contributed by atoms with Crippen LogP contribution in [0.2, 0.25) is 0 Å². The second-order valence-corrected chi connectivity index (χ2v) is 5.95. The number of hydrogen-bond acceptors (Lipinski definition) is 3. The highest BCUT2D eigenvalue weighted by atomic mass is 32.1. The molecule has 1 rings (SSSR count). The molecule has 1 aromatic rings. The summed E-state index contributed by atoms with van der Waals surface area (Å²) < 4.78 is 0. The summed E-state index contributed by atoms with van der Waals surface area (Å²) in [6.07, 6.45) is 11.1. The Labute approximate surface area is 116 Å². The van der Waals surface area contributed by atoms with E-state index < -0.39 is 0 Å². The molecule has 2 nitrogen and oxygen atoms in total. The van der Waals surface area contributed by atoms with Crippen LogP contribution in [-0.2, 0) is 6.54 Å². The summed E-state index contributed by atoms with van der Waals surface area (Å²) in [4.78, 5) is 1.27. The molecule has 3 N–H and O–H groups in total. The number of hydrogen-bond donors (Lipinski definition) is 2. The first-order chi connectivity index (χ1) is 8.84. The highest BCUT2D eigenvalue weighted by Gasteiger charge is 1.98. The summed E-state index contributed by atoms with van der Waals surface area (Å²) in [7, 11) is 0. The summed E-state index contributed by atoms with van der Waals surface area (Å²) >= 11 is 1.74. The maximum absolute atomic E-state index is 5.83. The largest absolute Gasteiger partial charge is 0.398 e. The molecule has 0 unspecified atom stereocenters. The normalized spacial score (nSPS) is 10.9. The lowest BCUT2D eigenvalue weighted by atomic mass is 10.1. The highest BCUT2D eigenvalue weighted by Crippen LogP contribution is 2.18. The lowest BCUT2D eigenvalue weighted by Gasteiger charge is -2.04. The van der Waals surface area contributed by atoms with Gasteiger partial charge >= 0.3 is 0 Å². The molecule has 0 saturated heterocycles. The second kappa shape index (κ2) is 10.4. The van der Waals surface area contributed by atoms with Gasteiger partial charge in [-0.1, -0.05) is 51.9 Å². The Morgan fingerprint density at radius 3 is 2.33 bits per heavy atom. The summed E-state index contributed by atoms with van der Waals surface area (Å²) in [6, 6.07) is 1.98. The number of rotatable bonds is 11. The van der Waals surface area contributed by atoms with Crippen LogP contribution < -0.4 is 11.1 Å². The number of unbranched alkanes of at least 4 members (excludes halogenated alkanes) is 7. The molecule has 104 valence electrons. The van der Waals surface area contributed by atoms with Crippen molar-refractivity contribution in [2.24, 2.45) is 0 Å². The van der Waals surface area contributed by atoms with Gasteiger partial charge in [-0.15, -0.1) is 11.3 Å². The third-order valence-electron chi connectivity index (χ3n) is 3.27. The SMILES string of the molecule is CCCCCCCCCCNCc1sccc1N. The van der Waals surface area contributed by atoms with Crippen molar-refractivity contribution in [2.75, 3.05) is 12.3 Å². The van der Waals surface area contributed by atoms with Gasteiger partial charge in [0, 0.05) is 17.1 Å². The second-order valence-electron chi connectivity index (χ2n) is 4.95. The van der Waals surface area contributed by atoms with Gasteiger partial charge in [0.05, 0.1) is 0 Å². The van der Waals surface area contributed by atoms with E-state index in [0.29, 0.717) is 0 Å². The summed E-state index contributed by atoms with van der Waals surface area (Å²) in [5, 5.41) is 5.53. The van der Waals surface area contributed by atoms with E-state index in [1.807, 2.05) is 6.07 Å². The van der Waals surface area contributed by atoms with Gasteiger partial charge in [0.25, 0.3) is 0 Å².